The Labute approximate surface area is 124 Å². The number of hydrogen-bond donors (Lipinski definition) is 2. The minimum Gasteiger partial charge on any atom is -0.480 e. The van der Waals surface area contributed by atoms with Crippen molar-refractivity contribution in [3.05, 3.63) is 77.9 Å². The van der Waals surface area contributed by atoms with Crippen LogP contribution in [-0.2, 0) is 4.79 Å². The normalized spacial score (nSPS) is 14.0. The van der Waals surface area contributed by atoms with Crippen molar-refractivity contribution in [3.63, 3.8) is 0 Å². The lowest BCUT2D eigenvalue weighted by atomic mass is 10.1. The number of benzene rings is 2. The molecule has 0 heterocycles. The third-order valence-corrected chi connectivity index (χ3v) is 3.28. The second-order valence-corrected chi connectivity index (χ2v) is 4.88. The molecule has 0 aromatic heterocycles. The summed E-state index contributed by atoms with van der Waals surface area (Å²) in [7, 11) is 0. The first-order chi connectivity index (χ1) is 10.2. The standard InChI is InChI=1S/C18H19NO2/c1-14(16-10-6-3-7-11-16)19-17(18(20)21)13-12-15-8-4-2-5-9-15/h2-14,17,19H,1H3,(H,20,21)/b13-12+/t14-,17+/m0/s1. The van der Waals surface area contributed by atoms with E-state index in [1.54, 1.807) is 6.08 Å². The second-order valence-electron chi connectivity index (χ2n) is 4.88. The van der Waals surface area contributed by atoms with Crippen molar-refractivity contribution in [2.24, 2.45) is 0 Å². The summed E-state index contributed by atoms with van der Waals surface area (Å²) < 4.78 is 0. The van der Waals surface area contributed by atoms with Crippen molar-refractivity contribution in [2.45, 2.75) is 19.0 Å². The van der Waals surface area contributed by atoms with Crippen LogP contribution in [0.1, 0.15) is 24.1 Å². The van der Waals surface area contributed by atoms with Crippen molar-refractivity contribution >= 4 is 12.0 Å². The third-order valence-electron chi connectivity index (χ3n) is 3.28. The van der Waals surface area contributed by atoms with E-state index in [2.05, 4.69) is 5.32 Å². The lowest BCUT2D eigenvalue weighted by Gasteiger charge is -2.18. The van der Waals surface area contributed by atoms with Crippen LogP contribution in [0.5, 0.6) is 0 Å². The molecule has 2 aromatic rings. The van der Waals surface area contributed by atoms with E-state index in [-0.39, 0.29) is 6.04 Å². The van der Waals surface area contributed by atoms with Crippen LogP contribution in [0.25, 0.3) is 6.08 Å². The smallest absolute Gasteiger partial charge is 0.324 e. The summed E-state index contributed by atoms with van der Waals surface area (Å²) in [5.74, 6) is -0.884. The summed E-state index contributed by atoms with van der Waals surface area (Å²) in [4.78, 5) is 11.4. The van der Waals surface area contributed by atoms with E-state index >= 15 is 0 Å². The van der Waals surface area contributed by atoms with Gasteiger partial charge in [-0.25, -0.2) is 0 Å². The minimum absolute atomic E-state index is 0.0345. The number of carboxylic acids is 1. The van der Waals surface area contributed by atoms with Gasteiger partial charge in [0.1, 0.15) is 6.04 Å². The summed E-state index contributed by atoms with van der Waals surface area (Å²) in [5.41, 5.74) is 2.05. The highest BCUT2D eigenvalue weighted by atomic mass is 16.4. The number of aliphatic carboxylic acids is 1. The molecule has 0 saturated heterocycles. The largest absolute Gasteiger partial charge is 0.480 e. The minimum atomic E-state index is -0.884. The quantitative estimate of drug-likeness (QED) is 0.852. The summed E-state index contributed by atoms with van der Waals surface area (Å²) >= 11 is 0. The molecular weight excluding hydrogens is 262 g/mol. The van der Waals surface area contributed by atoms with Crippen LogP contribution in [0.2, 0.25) is 0 Å². The fourth-order valence-corrected chi connectivity index (χ4v) is 2.09. The van der Waals surface area contributed by atoms with Gasteiger partial charge in [0.15, 0.2) is 0 Å². The number of rotatable bonds is 6. The maximum absolute atomic E-state index is 11.4. The van der Waals surface area contributed by atoms with Crippen molar-refractivity contribution in [2.75, 3.05) is 0 Å². The van der Waals surface area contributed by atoms with Crippen LogP contribution < -0.4 is 5.32 Å². The van der Waals surface area contributed by atoms with E-state index in [1.165, 1.54) is 0 Å². The first kappa shape index (κ1) is 15.0. The Hall–Kier alpha value is -2.39. The fraction of sp³-hybridized carbons (Fsp3) is 0.167. The Morgan fingerprint density at radius 3 is 2.19 bits per heavy atom. The van der Waals surface area contributed by atoms with Gasteiger partial charge in [-0.1, -0.05) is 72.8 Å². The molecule has 0 radical (unpaired) electrons. The lowest BCUT2D eigenvalue weighted by Crippen LogP contribution is -2.36. The zero-order valence-corrected chi connectivity index (χ0v) is 11.9. The van der Waals surface area contributed by atoms with E-state index in [0.717, 1.165) is 11.1 Å². The Balaban J connectivity index is 2.06. The lowest BCUT2D eigenvalue weighted by molar-refractivity contribution is -0.138. The molecule has 0 aliphatic carbocycles. The van der Waals surface area contributed by atoms with Crippen molar-refractivity contribution < 1.29 is 9.90 Å². The van der Waals surface area contributed by atoms with Gasteiger partial charge in [-0.3, -0.25) is 10.1 Å². The van der Waals surface area contributed by atoms with Gasteiger partial charge in [0.2, 0.25) is 0 Å². The average Bonchev–Trinajstić information content (AvgIpc) is 2.52. The van der Waals surface area contributed by atoms with Gasteiger partial charge >= 0.3 is 5.97 Å². The Morgan fingerprint density at radius 1 is 1.05 bits per heavy atom. The van der Waals surface area contributed by atoms with Gasteiger partial charge in [-0.15, -0.1) is 0 Å². The van der Waals surface area contributed by atoms with Crippen molar-refractivity contribution in [1.29, 1.82) is 0 Å². The van der Waals surface area contributed by atoms with Gasteiger partial charge in [0, 0.05) is 6.04 Å². The molecule has 0 unspecified atom stereocenters. The van der Waals surface area contributed by atoms with Gasteiger partial charge in [0.05, 0.1) is 0 Å². The maximum Gasteiger partial charge on any atom is 0.324 e. The van der Waals surface area contributed by atoms with E-state index in [1.807, 2.05) is 73.7 Å². The highest BCUT2D eigenvalue weighted by Gasteiger charge is 2.17. The number of nitrogens with one attached hydrogen (secondary N) is 1. The maximum atomic E-state index is 11.4. The molecule has 3 nitrogen and oxygen atoms in total. The van der Waals surface area contributed by atoms with Crippen molar-refractivity contribution in [3.8, 4) is 0 Å². The van der Waals surface area contributed by atoms with Crippen LogP contribution in [0.4, 0.5) is 0 Å². The molecule has 2 atom stereocenters. The molecule has 108 valence electrons. The number of carbonyl (C=O) groups is 1. The predicted molar refractivity (Wildman–Crippen MR) is 84.9 cm³/mol. The molecule has 21 heavy (non-hydrogen) atoms. The molecule has 2 rings (SSSR count). The Morgan fingerprint density at radius 2 is 1.62 bits per heavy atom. The Kier molecular flexibility index (Phi) is 5.29. The van der Waals surface area contributed by atoms with E-state index < -0.39 is 12.0 Å². The van der Waals surface area contributed by atoms with Gasteiger partial charge in [0.25, 0.3) is 0 Å². The predicted octanol–water partition coefficient (Wildman–Crippen LogP) is 3.50. The van der Waals surface area contributed by atoms with Crippen LogP contribution in [0.15, 0.2) is 66.7 Å². The van der Waals surface area contributed by atoms with E-state index in [9.17, 15) is 9.90 Å². The molecule has 3 heteroatoms. The summed E-state index contributed by atoms with van der Waals surface area (Å²) in [5, 5.41) is 12.4. The summed E-state index contributed by atoms with van der Waals surface area (Å²) in [6.45, 7) is 1.96. The molecule has 2 N–H and O–H groups in total. The highest BCUT2D eigenvalue weighted by molar-refractivity contribution is 5.77. The monoisotopic (exact) mass is 281 g/mol. The Bertz CT molecular complexity index is 593. The molecule has 0 amide bonds. The third kappa shape index (κ3) is 4.58. The van der Waals surface area contributed by atoms with Gasteiger partial charge in [-0.2, -0.15) is 0 Å². The highest BCUT2D eigenvalue weighted by Crippen LogP contribution is 2.13. The molecular formula is C18H19NO2. The molecule has 0 aliphatic heterocycles. The average molecular weight is 281 g/mol. The molecule has 2 aromatic carbocycles. The second kappa shape index (κ2) is 7.41. The van der Waals surface area contributed by atoms with Crippen LogP contribution >= 0.6 is 0 Å². The first-order valence-electron chi connectivity index (χ1n) is 6.94. The molecule has 0 bridgehead atoms. The van der Waals surface area contributed by atoms with E-state index in [0.29, 0.717) is 0 Å². The SMILES string of the molecule is C[C@H](N[C@H](/C=C/c1ccccc1)C(=O)O)c1ccccc1. The molecule has 0 fully saturated rings. The van der Waals surface area contributed by atoms with Gasteiger partial charge < -0.3 is 5.11 Å². The molecule has 0 spiro atoms. The van der Waals surface area contributed by atoms with Gasteiger partial charge in [-0.05, 0) is 18.1 Å². The summed E-state index contributed by atoms with van der Waals surface area (Å²) in [6, 6.07) is 18.7. The number of carboxylic acid groups (broad SMARTS) is 1. The fourth-order valence-electron chi connectivity index (χ4n) is 2.09. The van der Waals surface area contributed by atoms with Crippen LogP contribution in [-0.4, -0.2) is 17.1 Å². The zero-order chi connectivity index (χ0) is 15.1. The van der Waals surface area contributed by atoms with Crippen molar-refractivity contribution in [1.82, 2.24) is 5.32 Å². The topological polar surface area (TPSA) is 49.3 Å². The number of hydrogen-bond acceptors (Lipinski definition) is 2. The zero-order valence-electron chi connectivity index (χ0n) is 11.9. The molecule has 0 saturated carbocycles. The van der Waals surface area contributed by atoms with E-state index in [4.69, 9.17) is 0 Å². The van der Waals surface area contributed by atoms with Crippen LogP contribution in [0, 0.1) is 0 Å². The molecule has 0 aliphatic rings. The summed E-state index contributed by atoms with van der Waals surface area (Å²) in [6.07, 6.45) is 3.50. The first-order valence-corrected chi connectivity index (χ1v) is 6.94. The van der Waals surface area contributed by atoms with Crippen LogP contribution in [0.3, 0.4) is 0 Å².